The van der Waals surface area contributed by atoms with Gasteiger partial charge < -0.3 is 5.11 Å². The molecular formula is C19H20O3. The lowest BCUT2D eigenvalue weighted by molar-refractivity contribution is 0.0693. The monoisotopic (exact) mass is 296 g/mol. The summed E-state index contributed by atoms with van der Waals surface area (Å²) in [7, 11) is 0. The normalized spacial score (nSPS) is 11.2. The van der Waals surface area contributed by atoms with Crippen molar-refractivity contribution < 1.29 is 14.7 Å². The van der Waals surface area contributed by atoms with Gasteiger partial charge in [0.2, 0.25) is 0 Å². The van der Waals surface area contributed by atoms with Crippen LogP contribution in [0.2, 0.25) is 0 Å². The molecular weight excluding hydrogens is 276 g/mol. The Bertz CT molecular complexity index is 691. The van der Waals surface area contributed by atoms with Crippen LogP contribution in [0.15, 0.2) is 48.5 Å². The maximum absolute atomic E-state index is 12.5. The van der Waals surface area contributed by atoms with E-state index in [9.17, 15) is 14.7 Å². The summed E-state index contributed by atoms with van der Waals surface area (Å²) in [6.07, 6.45) is 0.924. The predicted octanol–water partition coefficient (Wildman–Crippen LogP) is 4.20. The van der Waals surface area contributed by atoms with Crippen molar-refractivity contribution in [2.75, 3.05) is 0 Å². The van der Waals surface area contributed by atoms with Crippen molar-refractivity contribution in [2.45, 2.75) is 27.2 Å². The first-order valence-electron chi connectivity index (χ1n) is 7.24. The highest BCUT2D eigenvalue weighted by Gasteiger charge is 2.17. The Labute approximate surface area is 130 Å². The van der Waals surface area contributed by atoms with Gasteiger partial charge in [0.05, 0.1) is 5.56 Å². The van der Waals surface area contributed by atoms with E-state index < -0.39 is 5.97 Å². The third-order valence-corrected chi connectivity index (χ3v) is 3.35. The molecule has 0 fully saturated rings. The van der Waals surface area contributed by atoms with Crippen LogP contribution >= 0.6 is 0 Å². The van der Waals surface area contributed by atoms with E-state index in [0.717, 1.165) is 12.0 Å². The number of hydrogen-bond acceptors (Lipinski definition) is 2. The van der Waals surface area contributed by atoms with Crippen LogP contribution in [0.25, 0.3) is 0 Å². The second kappa shape index (κ2) is 6.14. The Kier molecular flexibility index (Phi) is 4.45. The molecule has 0 aliphatic heterocycles. The molecule has 3 heteroatoms. The van der Waals surface area contributed by atoms with Gasteiger partial charge in [0.1, 0.15) is 0 Å². The van der Waals surface area contributed by atoms with Crippen LogP contribution in [0.4, 0.5) is 0 Å². The Morgan fingerprint density at radius 3 is 1.95 bits per heavy atom. The van der Waals surface area contributed by atoms with E-state index in [1.807, 2.05) is 12.1 Å². The van der Waals surface area contributed by atoms with Gasteiger partial charge in [0.25, 0.3) is 0 Å². The van der Waals surface area contributed by atoms with Crippen molar-refractivity contribution in [1.29, 1.82) is 0 Å². The van der Waals surface area contributed by atoms with Gasteiger partial charge in [0, 0.05) is 11.1 Å². The number of rotatable bonds is 4. The molecule has 2 aromatic rings. The topological polar surface area (TPSA) is 54.4 Å². The molecule has 0 unspecified atom stereocenters. The molecule has 0 heterocycles. The van der Waals surface area contributed by atoms with Gasteiger partial charge in [-0.15, -0.1) is 0 Å². The van der Waals surface area contributed by atoms with Crippen molar-refractivity contribution in [2.24, 2.45) is 5.41 Å². The third kappa shape index (κ3) is 3.82. The lowest BCUT2D eigenvalue weighted by Crippen LogP contribution is -2.11. The highest BCUT2D eigenvalue weighted by molar-refractivity contribution is 6.14. The number of carbonyl (C=O) groups is 2. The number of hydrogen-bond donors (Lipinski definition) is 1. The van der Waals surface area contributed by atoms with Gasteiger partial charge in [-0.25, -0.2) is 4.79 Å². The van der Waals surface area contributed by atoms with Gasteiger partial charge in [-0.2, -0.15) is 0 Å². The second-order valence-electron chi connectivity index (χ2n) is 6.61. The number of aromatic carboxylic acids is 1. The Balaban J connectivity index is 2.29. The lowest BCUT2D eigenvalue weighted by Gasteiger charge is -2.18. The number of ketones is 1. The van der Waals surface area contributed by atoms with Crippen LogP contribution < -0.4 is 0 Å². The first-order valence-corrected chi connectivity index (χ1v) is 7.24. The summed E-state index contributed by atoms with van der Waals surface area (Å²) in [5.74, 6) is -1.35. The van der Waals surface area contributed by atoms with E-state index in [2.05, 4.69) is 20.8 Å². The minimum Gasteiger partial charge on any atom is -0.478 e. The molecule has 2 aromatic carbocycles. The molecule has 0 amide bonds. The fourth-order valence-electron chi connectivity index (χ4n) is 2.41. The van der Waals surface area contributed by atoms with Crippen LogP contribution in [0, 0.1) is 5.41 Å². The van der Waals surface area contributed by atoms with Crippen molar-refractivity contribution >= 4 is 11.8 Å². The Morgan fingerprint density at radius 2 is 1.45 bits per heavy atom. The van der Waals surface area contributed by atoms with Gasteiger partial charge in [-0.05, 0) is 23.5 Å². The summed E-state index contributed by atoms with van der Waals surface area (Å²) >= 11 is 0. The van der Waals surface area contributed by atoms with Gasteiger partial charge in [0.15, 0.2) is 5.78 Å². The lowest BCUT2D eigenvalue weighted by atomic mass is 9.87. The third-order valence-electron chi connectivity index (χ3n) is 3.35. The van der Waals surface area contributed by atoms with Crippen LogP contribution in [-0.4, -0.2) is 16.9 Å². The molecule has 1 N–H and O–H groups in total. The quantitative estimate of drug-likeness (QED) is 0.860. The second-order valence-corrected chi connectivity index (χ2v) is 6.61. The number of benzene rings is 2. The zero-order valence-electron chi connectivity index (χ0n) is 13.1. The summed E-state index contributed by atoms with van der Waals surface area (Å²) in [6, 6.07) is 13.7. The van der Waals surface area contributed by atoms with Crippen LogP contribution in [0.1, 0.15) is 52.6 Å². The minimum atomic E-state index is -1.09. The fraction of sp³-hybridized carbons (Fsp3) is 0.263. The highest BCUT2D eigenvalue weighted by Crippen LogP contribution is 2.22. The predicted molar refractivity (Wildman–Crippen MR) is 86.4 cm³/mol. The van der Waals surface area contributed by atoms with Gasteiger partial charge >= 0.3 is 5.97 Å². The number of carboxylic acids is 1. The van der Waals surface area contributed by atoms with Crippen LogP contribution in [0.3, 0.4) is 0 Å². The van der Waals surface area contributed by atoms with E-state index in [4.69, 9.17) is 0 Å². The molecule has 0 spiro atoms. The number of carboxylic acid groups (broad SMARTS) is 1. The van der Waals surface area contributed by atoms with Gasteiger partial charge in [-0.1, -0.05) is 63.2 Å². The molecule has 3 nitrogen and oxygen atoms in total. The maximum Gasteiger partial charge on any atom is 0.336 e. The van der Waals surface area contributed by atoms with E-state index in [0.29, 0.717) is 5.56 Å². The van der Waals surface area contributed by atoms with Crippen molar-refractivity contribution in [3.8, 4) is 0 Å². The molecule has 0 aromatic heterocycles. The first-order chi connectivity index (χ1) is 10.3. The average Bonchev–Trinajstić information content (AvgIpc) is 2.45. The molecule has 0 saturated carbocycles. The molecule has 0 saturated heterocycles. The highest BCUT2D eigenvalue weighted by atomic mass is 16.4. The molecule has 0 aliphatic carbocycles. The SMILES string of the molecule is CC(C)(C)Cc1ccc(C(=O)c2ccccc2C(=O)O)cc1. The molecule has 22 heavy (non-hydrogen) atoms. The minimum absolute atomic E-state index is 0.0336. The summed E-state index contributed by atoms with van der Waals surface area (Å²) in [6.45, 7) is 6.49. The molecule has 114 valence electrons. The Morgan fingerprint density at radius 1 is 0.909 bits per heavy atom. The largest absolute Gasteiger partial charge is 0.478 e. The smallest absolute Gasteiger partial charge is 0.336 e. The van der Waals surface area contributed by atoms with E-state index in [1.54, 1.807) is 30.3 Å². The Hall–Kier alpha value is -2.42. The maximum atomic E-state index is 12.5. The van der Waals surface area contributed by atoms with Crippen LogP contribution in [0.5, 0.6) is 0 Å². The molecule has 0 bridgehead atoms. The average molecular weight is 296 g/mol. The zero-order valence-corrected chi connectivity index (χ0v) is 13.1. The molecule has 0 aliphatic rings. The van der Waals surface area contributed by atoms with Crippen molar-refractivity contribution in [1.82, 2.24) is 0 Å². The standard InChI is InChI=1S/C19H20O3/c1-19(2,3)12-13-8-10-14(11-9-13)17(20)15-6-4-5-7-16(15)18(21)22/h4-11H,12H2,1-3H3,(H,21,22). The van der Waals surface area contributed by atoms with Crippen molar-refractivity contribution in [3.63, 3.8) is 0 Å². The summed E-state index contributed by atoms with van der Waals surface area (Å²) in [5.41, 5.74) is 2.10. The van der Waals surface area contributed by atoms with Gasteiger partial charge in [-0.3, -0.25) is 4.79 Å². The zero-order chi connectivity index (χ0) is 16.3. The van der Waals surface area contributed by atoms with E-state index >= 15 is 0 Å². The van der Waals surface area contributed by atoms with Crippen molar-refractivity contribution in [3.05, 3.63) is 70.8 Å². The van der Waals surface area contributed by atoms with E-state index in [-0.39, 0.29) is 22.3 Å². The fourth-order valence-corrected chi connectivity index (χ4v) is 2.41. The molecule has 2 rings (SSSR count). The van der Waals surface area contributed by atoms with Crippen LogP contribution in [-0.2, 0) is 6.42 Å². The number of carbonyl (C=O) groups excluding carboxylic acids is 1. The summed E-state index contributed by atoms with van der Waals surface area (Å²) in [5, 5.41) is 9.18. The van der Waals surface area contributed by atoms with E-state index in [1.165, 1.54) is 6.07 Å². The molecule has 0 atom stereocenters. The summed E-state index contributed by atoms with van der Waals surface area (Å²) < 4.78 is 0. The molecule has 0 radical (unpaired) electrons. The summed E-state index contributed by atoms with van der Waals surface area (Å²) in [4.78, 5) is 23.7. The first kappa shape index (κ1) is 16.0.